The van der Waals surface area contributed by atoms with Crippen molar-refractivity contribution in [1.29, 1.82) is 0 Å². The summed E-state index contributed by atoms with van der Waals surface area (Å²) in [5, 5.41) is -1.50. The Morgan fingerprint density at radius 3 is 1.97 bits per heavy atom. The van der Waals surface area contributed by atoms with Crippen molar-refractivity contribution in [1.82, 2.24) is 0 Å². The highest BCUT2D eigenvalue weighted by Gasteiger charge is 2.64. The average Bonchev–Trinajstić information content (AvgIpc) is 3.47. The molecule has 4 nitrogen and oxygen atoms in total. The third-order valence-electron chi connectivity index (χ3n) is 5.48. The van der Waals surface area contributed by atoms with Gasteiger partial charge in [0, 0.05) is 10.9 Å². The Kier molecular flexibility index (Phi) is 5.51. The van der Waals surface area contributed by atoms with Crippen LogP contribution in [0.25, 0.3) is 0 Å². The molecule has 4 rings (SSSR count). The van der Waals surface area contributed by atoms with Crippen LogP contribution >= 0.6 is 11.6 Å². The third-order valence-corrected chi connectivity index (χ3v) is 10.3. The summed E-state index contributed by atoms with van der Waals surface area (Å²) in [6.07, 6.45) is 0. The molecule has 7 heteroatoms. The summed E-state index contributed by atoms with van der Waals surface area (Å²) < 4.78 is 53.3. The van der Waals surface area contributed by atoms with Crippen molar-refractivity contribution < 1.29 is 16.8 Å². The van der Waals surface area contributed by atoms with Gasteiger partial charge in [0.25, 0.3) is 0 Å². The quantitative estimate of drug-likeness (QED) is 0.540. The third kappa shape index (κ3) is 4.04. The molecule has 3 aromatic rings. The van der Waals surface area contributed by atoms with Crippen LogP contribution < -0.4 is 0 Å². The fourth-order valence-corrected chi connectivity index (χ4v) is 9.16. The van der Waals surface area contributed by atoms with Crippen LogP contribution in [-0.4, -0.2) is 27.3 Å². The van der Waals surface area contributed by atoms with Gasteiger partial charge in [0.15, 0.2) is 19.7 Å². The minimum atomic E-state index is -3.83. The normalized spacial score (nSPS) is 21.3. The van der Waals surface area contributed by atoms with E-state index >= 15 is 0 Å². The van der Waals surface area contributed by atoms with Crippen LogP contribution in [0.4, 0.5) is 0 Å². The van der Waals surface area contributed by atoms with Gasteiger partial charge in [-0.3, -0.25) is 0 Å². The average molecular weight is 461 g/mol. The van der Waals surface area contributed by atoms with Crippen molar-refractivity contribution in [2.75, 3.05) is 0 Å². The molecule has 1 fully saturated rings. The van der Waals surface area contributed by atoms with E-state index in [2.05, 4.69) is 0 Å². The van der Waals surface area contributed by atoms with E-state index in [0.717, 1.165) is 5.56 Å². The van der Waals surface area contributed by atoms with E-state index in [4.69, 9.17) is 11.6 Å². The second-order valence-corrected chi connectivity index (χ2v) is 12.4. The van der Waals surface area contributed by atoms with E-state index < -0.39 is 36.1 Å². The molecule has 0 heterocycles. The number of rotatable bonds is 6. The first-order chi connectivity index (χ1) is 14.2. The molecule has 3 aromatic carbocycles. The predicted molar refractivity (Wildman–Crippen MR) is 119 cm³/mol. The second-order valence-electron chi connectivity index (χ2n) is 7.66. The lowest BCUT2D eigenvalue weighted by molar-refractivity contribution is 0.586. The Bertz CT molecular complexity index is 1250. The minimum absolute atomic E-state index is 0.148. The van der Waals surface area contributed by atoms with Gasteiger partial charge in [0.05, 0.1) is 21.1 Å². The standard InChI is InChI=1S/C23H21ClO4S2/c1-16-7-13-20(14-8-16)30(27,28)23-21(18-9-11-19(24)12-10-18)22(23)29(25,26)15-17-5-3-2-4-6-17/h2-14,21-23H,15H2,1H3/t21-,22+,23?/m0/s1. The van der Waals surface area contributed by atoms with Crippen LogP contribution in [-0.2, 0) is 25.4 Å². The lowest BCUT2D eigenvalue weighted by Crippen LogP contribution is -2.19. The maximum Gasteiger partial charge on any atom is 0.183 e. The summed E-state index contributed by atoms with van der Waals surface area (Å²) in [6, 6.07) is 22.1. The van der Waals surface area contributed by atoms with Gasteiger partial charge in [0.2, 0.25) is 0 Å². The van der Waals surface area contributed by atoms with Crippen molar-refractivity contribution in [3.63, 3.8) is 0 Å². The van der Waals surface area contributed by atoms with E-state index in [-0.39, 0.29) is 10.6 Å². The van der Waals surface area contributed by atoms with E-state index in [1.54, 1.807) is 72.8 Å². The largest absolute Gasteiger partial charge is 0.228 e. The van der Waals surface area contributed by atoms with Crippen molar-refractivity contribution in [2.45, 2.75) is 34.0 Å². The molecular formula is C23H21ClO4S2. The molecule has 1 saturated carbocycles. The van der Waals surface area contributed by atoms with Crippen LogP contribution in [0.5, 0.6) is 0 Å². The molecule has 3 atom stereocenters. The van der Waals surface area contributed by atoms with Crippen molar-refractivity contribution in [3.8, 4) is 0 Å². The Hall–Kier alpha value is -2.15. The number of aryl methyl sites for hydroxylation is 1. The maximum atomic E-state index is 13.4. The monoisotopic (exact) mass is 460 g/mol. The van der Waals surface area contributed by atoms with Crippen molar-refractivity contribution in [3.05, 3.63) is 101 Å². The zero-order valence-electron chi connectivity index (χ0n) is 16.3. The van der Waals surface area contributed by atoms with Gasteiger partial charge in [-0.1, -0.05) is 71.8 Å². The number of benzene rings is 3. The fraction of sp³-hybridized carbons (Fsp3) is 0.217. The summed E-state index contributed by atoms with van der Waals surface area (Å²) in [4.78, 5) is 0.148. The molecule has 0 radical (unpaired) electrons. The number of sulfone groups is 2. The van der Waals surface area contributed by atoms with Crippen molar-refractivity contribution >= 4 is 31.3 Å². The van der Waals surface area contributed by atoms with Crippen molar-refractivity contribution in [2.24, 2.45) is 0 Å². The summed E-state index contributed by atoms with van der Waals surface area (Å²) >= 11 is 5.97. The lowest BCUT2D eigenvalue weighted by Gasteiger charge is -2.06. The first kappa shape index (κ1) is 21.1. The topological polar surface area (TPSA) is 68.3 Å². The lowest BCUT2D eigenvalue weighted by atomic mass is 10.1. The molecule has 1 aliphatic carbocycles. The van der Waals surface area contributed by atoms with Gasteiger partial charge in [-0.15, -0.1) is 0 Å². The number of hydrogen-bond donors (Lipinski definition) is 0. The molecule has 0 amide bonds. The highest BCUT2D eigenvalue weighted by molar-refractivity contribution is 7.96. The summed E-state index contributed by atoms with van der Waals surface area (Å²) in [6.45, 7) is 1.87. The Morgan fingerprint density at radius 1 is 0.767 bits per heavy atom. The van der Waals surface area contributed by atoms with Crippen LogP contribution in [0.15, 0.2) is 83.8 Å². The van der Waals surface area contributed by atoms with Crippen LogP contribution in [0.1, 0.15) is 22.6 Å². The Morgan fingerprint density at radius 2 is 1.37 bits per heavy atom. The Labute approximate surface area is 182 Å². The van der Waals surface area contributed by atoms with E-state index in [0.29, 0.717) is 16.1 Å². The number of hydrogen-bond acceptors (Lipinski definition) is 4. The Balaban J connectivity index is 1.74. The summed E-state index contributed by atoms with van der Waals surface area (Å²) in [7, 11) is -7.53. The van der Waals surface area contributed by atoms with Gasteiger partial charge in [-0.25, -0.2) is 16.8 Å². The van der Waals surface area contributed by atoms with Crippen LogP contribution in [0.3, 0.4) is 0 Å². The highest BCUT2D eigenvalue weighted by atomic mass is 35.5. The molecular weight excluding hydrogens is 440 g/mol. The van der Waals surface area contributed by atoms with E-state index in [1.165, 1.54) is 0 Å². The van der Waals surface area contributed by atoms with Crippen LogP contribution in [0, 0.1) is 6.92 Å². The predicted octanol–water partition coefficient (Wildman–Crippen LogP) is 4.57. The van der Waals surface area contributed by atoms with Gasteiger partial charge < -0.3 is 0 Å². The SMILES string of the molecule is Cc1ccc(S(=O)(=O)C2[C@@H](c3ccc(Cl)cc3)[C@H]2S(=O)(=O)Cc2ccccc2)cc1. The smallest absolute Gasteiger partial charge is 0.183 e. The first-order valence-electron chi connectivity index (χ1n) is 9.52. The second kappa shape index (κ2) is 7.84. The zero-order chi connectivity index (χ0) is 21.5. The van der Waals surface area contributed by atoms with Crippen LogP contribution in [0.2, 0.25) is 5.02 Å². The summed E-state index contributed by atoms with van der Waals surface area (Å²) in [5.41, 5.74) is 2.25. The van der Waals surface area contributed by atoms with Gasteiger partial charge in [-0.05, 0) is 42.3 Å². The molecule has 0 aromatic heterocycles. The maximum absolute atomic E-state index is 13.4. The van der Waals surface area contributed by atoms with E-state index in [1.807, 2.05) is 13.0 Å². The minimum Gasteiger partial charge on any atom is -0.228 e. The number of halogens is 1. The molecule has 0 saturated heterocycles. The first-order valence-corrected chi connectivity index (χ1v) is 13.2. The van der Waals surface area contributed by atoms with Gasteiger partial charge in [0.1, 0.15) is 0 Å². The molecule has 30 heavy (non-hydrogen) atoms. The molecule has 0 spiro atoms. The molecule has 156 valence electrons. The molecule has 0 N–H and O–H groups in total. The molecule has 1 unspecified atom stereocenters. The fourth-order valence-electron chi connectivity index (χ4n) is 3.91. The molecule has 0 bridgehead atoms. The highest BCUT2D eigenvalue weighted by Crippen LogP contribution is 2.53. The van der Waals surface area contributed by atoms with Gasteiger partial charge >= 0.3 is 0 Å². The molecule has 1 aliphatic rings. The van der Waals surface area contributed by atoms with Gasteiger partial charge in [-0.2, -0.15) is 0 Å². The summed E-state index contributed by atoms with van der Waals surface area (Å²) in [5.74, 6) is -0.815. The molecule has 0 aliphatic heterocycles. The zero-order valence-corrected chi connectivity index (χ0v) is 18.7. The van der Waals surface area contributed by atoms with E-state index in [9.17, 15) is 16.8 Å².